The number of rotatable bonds is 11. The van der Waals surface area contributed by atoms with Gasteiger partial charge in [-0.15, -0.1) is 0 Å². The van der Waals surface area contributed by atoms with E-state index in [0.717, 1.165) is 62.8 Å². The molecule has 0 radical (unpaired) electrons. The first-order valence-corrected chi connectivity index (χ1v) is 14.0. The van der Waals surface area contributed by atoms with Crippen molar-refractivity contribution < 1.29 is 17.9 Å². The Morgan fingerprint density at radius 2 is 1.54 bits per heavy atom. The number of benzene rings is 3. The minimum atomic E-state index is -0.789. The predicted octanol–water partition coefficient (Wildman–Crippen LogP) is 10.2. The molecular weight excluding hydrogens is 469 g/mol. The molecule has 0 heterocycles. The van der Waals surface area contributed by atoms with Gasteiger partial charge in [-0.2, -0.15) is 0 Å². The van der Waals surface area contributed by atoms with Crippen molar-refractivity contribution in [2.45, 2.75) is 90.6 Å². The van der Waals surface area contributed by atoms with Gasteiger partial charge in [0.2, 0.25) is 0 Å². The van der Waals surface area contributed by atoms with E-state index in [4.69, 9.17) is 4.74 Å². The summed E-state index contributed by atoms with van der Waals surface area (Å²) in [5, 5.41) is 0. The van der Waals surface area contributed by atoms with Gasteiger partial charge in [0.1, 0.15) is 18.2 Å². The molecule has 0 N–H and O–H groups in total. The van der Waals surface area contributed by atoms with Crippen LogP contribution in [0.2, 0.25) is 0 Å². The van der Waals surface area contributed by atoms with E-state index in [1.165, 1.54) is 12.8 Å². The first-order chi connectivity index (χ1) is 18.0. The van der Waals surface area contributed by atoms with Crippen LogP contribution in [0.1, 0.15) is 94.2 Å². The van der Waals surface area contributed by atoms with E-state index in [1.54, 1.807) is 48.5 Å². The van der Waals surface area contributed by atoms with E-state index >= 15 is 8.78 Å². The lowest BCUT2D eigenvalue weighted by Crippen LogP contribution is -2.14. The van der Waals surface area contributed by atoms with E-state index in [-0.39, 0.29) is 23.9 Å². The van der Waals surface area contributed by atoms with Gasteiger partial charge in [-0.1, -0.05) is 75.9 Å². The van der Waals surface area contributed by atoms with Crippen LogP contribution in [0.25, 0.3) is 11.1 Å². The Morgan fingerprint density at radius 1 is 0.784 bits per heavy atom. The van der Waals surface area contributed by atoms with Gasteiger partial charge in [0.05, 0.1) is 0 Å². The average Bonchev–Trinajstić information content (AvgIpc) is 2.91. The maximum absolute atomic E-state index is 15.1. The Kier molecular flexibility index (Phi) is 9.71. The molecule has 0 atom stereocenters. The molecule has 3 aromatic carbocycles. The number of hydrogen-bond acceptors (Lipinski definition) is 1. The van der Waals surface area contributed by atoms with Crippen molar-refractivity contribution in [2.75, 3.05) is 0 Å². The quantitative estimate of drug-likeness (QED) is 0.234. The van der Waals surface area contributed by atoms with Gasteiger partial charge in [-0.05, 0) is 85.3 Å². The fourth-order valence-electron chi connectivity index (χ4n) is 5.61. The third kappa shape index (κ3) is 6.97. The summed E-state index contributed by atoms with van der Waals surface area (Å²) in [6, 6.07) is 15.6. The van der Waals surface area contributed by atoms with Crippen LogP contribution in [0.3, 0.4) is 0 Å². The van der Waals surface area contributed by atoms with Crippen molar-refractivity contribution in [3.05, 3.63) is 88.7 Å². The molecule has 0 spiro atoms. The average molecular weight is 509 g/mol. The maximum atomic E-state index is 15.1. The van der Waals surface area contributed by atoms with E-state index < -0.39 is 11.6 Å². The molecule has 0 bridgehead atoms. The van der Waals surface area contributed by atoms with Crippen LogP contribution in [0.15, 0.2) is 54.6 Å². The van der Waals surface area contributed by atoms with Crippen LogP contribution < -0.4 is 4.74 Å². The zero-order valence-electron chi connectivity index (χ0n) is 22.2. The third-order valence-electron chi connectivity index (χ3n) is 7.84. The number of hydrogen-bond donors (Lipinski definition) is 0. The Bertz CT molecular complexity index is 1150. The molecule has 4 rings (SSSR count). The summed E-state index contributed by atoms with van der Waals surface area (Å²) in [5.41, 5.74) is 2.84. The van der Waals surface area contributed by atoms with Crippen LogP contribution in [-0.4, -0.2) is 0 Å². The summed E-state index contributed by atoms with van der Waals surface area (Å²) in [6.07, 6.45) is 10.7. The monoisotopic (exact) mass is 508 g/mol. The molecule has 3 aromatic rings. The van der Waals surface area contributed by atoms with Crippen LogP contribution >= 0.6 is 0 Å². The first-order valence-electron chi connectivity index (χ1n) is 14.0. The van der Waals surface area contributed by atoms with Gasteiger partial charge in [0.15, 0.2) is 11.6 Å². The van der Waals surface area contributed by atoms with Gasteiger partial charge >= 0.3 is 0 Å². The third-order valence-corrected chi connectivity index (χ3v) is 7.84. The summed E-state index contributed by atoms with van der Waals surface area (Å²) >= 11 is 0. The summed E-state index contributed by atoms with van der Waals surface area (Å²) < 4.78 is 50.4. The number of ether oxygens (including phenoxy) is 1. The molecule has 0 aliphatic heterocycles. The van der Waals surface area contributed by atoms with Gasteiger partial charge < -0.3 is 4.74 Å². The van der Waals surface area contributed by atoms with Crippen LogP contribution in [0.4, 0.5) is 13.2 Å². The largest absolute Gasteiger partial charge is 0.489 e. The Balaban J connectivity index is 1.37. The van der Waals surface area contributed by atoms with E-state index in [9.17, 15) is 4.39 Å². The summed E-state index contributed by atoms with van der Waals surface area (Å²) in [5.74, 6) is -0.397. The molecule has 1 nitrogen and oxygen atoms in total. The lowest BCUT2D eigenvalue weighted by Gasteiger charge is -2.29. The van der Waals surface area contributed by atoms with Gasteiger partial charge in [-0.3, -0.25) is 0 Å². The van der Waals surface area contributed by atoms with Crippen LogP contribution in [0.5, 0.6) is 5.75 Å². The summed E-state index contributed by atoms with van der Waals surface area (Å²) in [6.45, 7) is 4.46. The molecule has 1 aliphatic rings. The molecule has 1 fully saturated rings. The smallest absolute Gasteiger partial charge is 0.166 e. The minimum absolute atomic E-state index is 0.0956. The predicted molar refractivity (Wildman–Crippen MR) is 145 cm³/mol. The van der Waals surface area contributed by atoms with Crippen molar-refractivity contribution >= 4 is 0 Å². The fourth-order valence-corrected chi connectivity index (χ4v) is 5.61. The Morgan fingerprint density at radius 3 is 2.22 bits per heavy atom. The van der Waals surface area contributed by atoms with E-state index in [0.29, 0.717) is 22.4 Å². The summed E-state index contributed by atoms with van der Waals surface area (Å²) in [7, 11) is 0. The van der Waals surface area contributed by atoms with Gasteiger partial charge in [0, 0.05) is 11.1 Å². The molecule has 0 saturated heterocycles. The summed E-state index contributed by atoms with van der Waals surface area (Å²) in [4.78, 5) is 0. The van der Waals surface area contributed by atoms with Gasteiger partial charge in [-0.25, -0.2) is 13.2 Å². The fraction of sp³-hybridized carbons (Fsp3) is 0.455. The first kappa shape index (κ1) is 27.3. The maximum Gasteiger partial charge on any atom is 0.166 e. The lowest BCUT2D eigenvalue weighted by molar-refractivity contribution is 0.300. The van der Waals surface area contributed by atoms with Crippen molar-refractivity contribution in [3.63, 3.8) is 0 Å². The van der Waals surface area contributed by atoms with Crippen molar-refractivity contribution in [3.8, 4) is 16.9 Å². The highest BCUT2D eigenvalue weighted by atomic mass is 19.2. The number of halogens is 3. The molecule has 4 heteroatoms. The van der Waals surface area contributed by atoms with E-state index in [1.807, 2.05) is 6.07 Å². The van der Waals surface area contributed by atoms with Crippen molar-refractivity contribution in [2.24, 2.45) is 5.92 Å². The topological polar surface area (TPSA) is 9.23 Å². The number of unbranched alkanes of at least 4 members (excludes halogenated alkanes) is 2. The molecule has 1 aliphatic carbocycles. The second-order valence-electron chi connectivity index (χ2n) is 10.5. The normalized spacial score (nSPS) is 17.6. The van der Waals surface area contributed by atoms with Crippen LogP contribution in [-0.2, 0) is 13.0 Å². The zero-order valence-corrected chi connectivity index (χ0v) is 22.2. The van der Waals surface area contributed by atoms with E-state index in [2.05, 4.69) is 13.8 Å². The molecule has 198 valence electrons. The molecule has 1 saturated carbocycles. The van der Waals surface area contributed by atoms with Crippen molar-refractivity contribution in [1.82, 2.24) is 0 Å². The highest BCUT2D eigenvalue weighted by molar-refractivity contribution is 5.65. The minimum Gasteiger partial charge on any atom is -0.489 e. The Labute approximate surface area is 220 Å². The second kappa shape index (κ2) is 13.2. The number of aryl methyl sites for hydroxylation is 1. The molecule has 0 unspecified atom stereocenters. The SMILES string of the molecule is CCCCCc1ccc(COc2ccc(-c3ccc(C4CCC(CCC)CC4)c(F)c3F)cc2)c(F)c1. The molecule has 37 heavy (non-hydrogen) atoms. The molecule has 0 aromatic heterocycles. The van der Waals surface area contributed by atoms with Crippen LogP contribution in [0, 0.1) is 23.4 Å². The Hall–Kier alpha value is -2.75. The van der Waals surface area contributed by atoms with Gasteiger partial charge in [0.25, 0.3) is 0 Å². The highest BCUT2D eigenvalue weighted by Crippen LogP contribution is 2.40. The highest BCUT2D eigenvalue weighted by Gasteiger charge is 2.26. The standard InChI is InChI=1S/C33H39F3O/c1-3-5-6-8-24-11-14-27(31(34)21-24)22-37-28-17-15-26(16-18-28)30-20-19-29(32(35)33(30)36)25-12-9-23(7-4-2)10-13-25/h11,14-21,23,25H,3-10,12-13,22H2,1-2H3. The molecular formula is C33H39F3O. The lowest BCUT2D eigenvalue weighted by atomic mass is 9.77. The second-order valence-corrected chi connectivity index (χ2v) is 10.5. The van der Waals surface area contributed by atoms with Crippen molar-refractivity contribution in [1.29, 1.82) is 0 Å². The zero-order chi connectivity index (χ0) is 26.2. The molecule has 0 amide bonds.